The van der Waals surface area contributed by atoms with Gasteiger partial charge in [-0.2, -0.15) is 0 Å². The number of benzene rings is 8. The minimum Gasteiger partial charge on any atom is -0.455 e. The van der Waals surface area contributed by atoms with Crippen molar-refractivity contribution in [1.82, 2.24) is 0 Å². The zero-order chi connectivity index (χ0) is 31.9. The van der Waals surface area contributed by atoms with Crippen molar-refractivity contribution in [2.45, 2.75) is 0 Å². The maximum absolute atomic E-state index is 6.48. The van der Waals surface area contributed by atoms with E-state index in [1.807, 2.05) is 0 Å². The normalized spacial score (nSPS) is 11.3. The third-order valence-electron chi connectivity index (χ3n) is 9.29. The average molecular weight is 614 g/mol. The summed E-state index contributed by atoms with van der Waals surface area (Å²) in [6.07, 6.45) is 0. The largest absolute Gasteiger partial charge is 0.455 e. The number of rotatable bonds is 6. The van der Waals surface area contributed by atoms with Crippen LogP contribution in [0.5, 0.6) is 0 Å². The zero-order valence-electron chi connectivity index (χ0n) is 26.3. The van der Waals surface area contributed by atoms with E-state index < -0.39 is 0 Å². The second-order valence-corrected chi connectivity index (χ2v) is 12.2. The Balaban J connectivity index is 1.09. The van der Waals surface area contributed by atoms with Crippen LogP contribution in [0.1, 0.15) is 0 Å². The Morgan fingerprint density at radius 2 is 0.750 bits per heavy atom. The Bertz CT molecular complexity index is 2430. The fourth-order valence-corrected chi connectivity index (χ4v) is 6.80. The van der Waals surface area contributed by atoms with Crippen molar-refractivity contribution in [2.75, 3.05) is 4.90 Å². The lowest BCUT2D eigenvalue weighted by Crippen LogP contribution is -2.09. The number of nitrogens with zero attached hydrogens (tertiary/aromatic N) is 1. The summed E-state index contributed by atoms with van der Waals surface area (Å²) in [4.78, 5) is 2.32. The summed E-state index contributed by atoms with van der Waals surface area (Å²) >= 11 is 0. The van der Waals surface area contributed by atoms with Crippen molar-refractivity contribution >= 4 is 49.8 Å². The highest BCUT2D eigenvalue weighted by Gasteiger charge is 2.15. The van der Waals surface area contributed by atoms with Crippen molar-refractivity contribution in [3.05, 3.63) is 188 Å². The molecule has 0 aliphatic rings. The van der Waals surface area contributed by atoms with E-state index in [4.69, 9.17) is 4.42 Å². The highest BCUT2D eigenvalue weighted by Crippen LogP contribution is 2.39. The molecule has 1 heterocycles. The molecule has 0 atom stereocenters. The van der Waals surface area contributed by atoms with Crippen LogP contribution in [-0.2, 0) is 0 Å². The first-order valence-corrected chi connectivity index (χ1v) is 16.3. The third kappa shape index (κ3) is 5.01. The van der Waals surface area contributed by atoms with Crippen LogP contribution in [0.4, 0.5) is 17.1 Å². The number of fused-ring (bicyclic) bond motifs is 5. The molecule has 1 aromatic heterocycles. The number of furan rings is 1. The molecule has 0 saturated heterocycles. The molecule has 226 valence electrons. The van der Waals surface area contributed by atoms with Gasteiger partial charge in [-0.15, -0.1) is 0 Å². The van der Waals surface area contributed by atoms with Crippen LogP contribution >= 0.6 is 0 Å². The van der Waals surface area contributed by atoms with E-state index in [0.29, 0.717) is 0 Å². The Morgan fingerprint density at radius 3 is 1.31 bits per heavy atom. The predicted molar refractivity (Wildman–Crippen MR) is 202 cm³/mol. The first-order valence-electron chi connectivity index (χ1n) is 16.3. The van der Waals surface area contributed by atoms with E-state index in [9.17, 15) is 0 Å². The molecule has 0 aliphatic carbocycles. The molecular formula is C46H31NO. The molecule has 0 bridgehead atoms. The number of hydrogen-bond donors (Lipinski definition) is 0. The van der Waals surface area contributed by atoms with Gasteiger partial charge in [0, 0.05) is 33.2 Å². The SMILES string of the molecule is c1ccc(-c2ccc(N(c3ccc(-c4ccccc4)cc3)c3ccc(-c4ccc5c(c4)oc4c6ccccc6ccc54)cc3)cc2)cc1. The van der Waals surface area contributed by atoms with E-state index >= 15 is 0 Å². The van der Waals surface area contributed by atoms with E-state index in [-0.39, 0.29) is 0 Å². The standard InChI is InChI=1S/C46H31NO/c1-3-9-32(10-4-1)34-15-23-39(24-16-34)47(40-25-17-35(18-26-40)33-11-5-2-6-12-33)41-27-19-36(20-28-41)38-22-29-43-44-30-21-37-13-7-8-14-42(37)46(44)48-45(43)31-38/h1-31H. The topological polar surface area (TPSA) is 16.4 Å². The third-order valence-corrected chi connectivity index (χ3v) is 9.29. The second kappa shape index (κ2) is 11.8. The zero-order valence-corrected chi connectivity index (χ0v) is 26.3. The molecular weight excluding hydrogens is 583 g/mol. The molecule has 2 nitrogen and oxygen atoms in total. The van der Waals surface area contributed by atoms with Gasteiger partial charge < -0.3 is 9.32 Å². The minimum absolute atomic E-state index is 0.904. The lowest BCUT2D eigenvalue weighted by Gasteiger charge is -2.26. The van der Waals surface area contributed by atoms with E-state index in [1.165, 1.54) is 27.6 Å². The lowest BCUT2D eigenvalue weighted by molar-refractivity contribution is 0.673. The van der Waals surface area contributed by atoms with E-state index in [0.717, 1.165) is 55.5 Å². The van der Waals surface area contributed by atoms with Crippen LogP contribution in [-0.4, -0.2) is 0 Å². The summed E-state index contributed by atoms with van der Waals surface area (Å²) in [5.41, 5.74) is 12.2. The summed E-state index contributed by atoms with van der Waals surface area (Å²) in [6, 6.07) is 66.8. The molecule has 0 saturated carbocycles. The van der Waals surface area contributed by atoms with Crippen LogP contribution < -0.4 is 4.90 Å². The summed E-state index contributed by atoms with van der Waals surface area (Å²) in [6.45, 7) is 0. The van der Waals surface area contributed by atoms with Gasteiger partial charge in [0.15, 0.2) is 0 Å². The Labute approximate surface area is 279 Å². The highest BCUT2D eigenvalue weighted by atomic mass is 16.3. The number of anilines is 3. The summed E-state index contributed by atoms with van der Waals surface area (Å²) in [5.74, 6) is 0. The fourth-order valence-electron chi connectivity index (χ4n) is 6.80. The van der Waals surface area contributed by atoms with Gasteiger partial charge in [-0.05, 0) is 93.4 Å². The van der Waals surface area contributed by atoms with Crippen LogP contribution in [0, 0.1) is 0 Å². The molecule has 9 aromatic rings. The summed E-state index contributed by atoms with van der Waals surface area (Å²) < 4.78 is 6.48. The predicted octanol–water partition coefficient (Wildman–Crippen LogP) is 13.2. The molecule has 9 rings (SSSR count). The smallest absolute Gasteiger partial charge is 0.143 e. The lowest BCUT2D eigenvalue weighted by atomic mass is 10.0. The molecule has 2 heteroatoms. The first-order chi connectivity index (χ1) is 23.8. The van der Waals surface area contributed by atoms with Crippen molar-refractivity contribution in [1.29, 1.82) is 0 Å². The van der Waals surface area contributed by atoms with Crippen molar-refractivity contribution < 1.29 is 4.42 Å². The first kappa shape index (κ1) is 27.9. The molecule has 8 aromatic carbocycles. The van der Waals surface area contributed by atoms with E-state index in [1.54, 1.807) is 0 Å². The Hall–Kier alpha value is -6.38. The average Bonchev–Trinajstić information content (AvgIpc) is 3.55. The van der Waals surface area contributed by atoms with Gasteiger partial charge in [0.05, 0.1) is 0 Å². The molecule has 0 fully saturated rings. The van der Waals surface area contributed by atoms with Gasteiger partial charge in [-0.1, -0.05) is 133 Å². The summed E-state index contributed by atoms with van der Waals surface area (Å²) in [7, 11) is 0. The Kier molecular flexibility index (Phi) is 6.84. The van der Waals surface area contributed by atoms with Crippen molar-refractivity contribution in [3.8, 4) is 33.4 Å². The quantitative estimate of drug-likeness (QED) is 0.185. The molecule has 0 amide bonds. The molecule has 0 aliphatic heterocycles. The summed E-state index contributed by atoms with van der Waals surface area (Å²) in [5, 5.41) is 4.62. The van der Waals surface area contributed by atoms with Crippen molar-refractivity contribution in [3.63, 3.8) is 0 Å². The Morgan fingerprint density at radius 1 is 0.312 bits per heavy atom. The van der Waals surface area contributed by atoms with Gasteiger partial charge in [0.25, 0.3) is 0 Å². The van der Waals surface area contributed by atoms with Crippen molar-refractivity contribution in [2.24, 2.45) is 0 Å². The second-order valence-electron chi connectivity index (χ2n) is 12.2. The molecule has 0 unspecified atom stereocenters. The maximum atomic E-state index is 6.48. The van der Waals surface area contributed by atoms with Crippen LogP contribution in [0.2, 0.25) is 0 Å². The van der Waals surface area contributed by atoms with E-state index in [2.05, 4.69) is 193 Å². The van der Waals surface area contributed by atoms with Crippen LogP contribution in [0.25, 0.3) is 66.1 Å². The van der Waals surface area contributed by atoms with Gasteiger partial charge >= 0.3 is 0 Å². The van der Waals surface area contributed by atoms with Gasteiger partial charge in [0.2, 0.25) is 0 Å². The van der Waals surface area contributed by atoms with Crippen LogP contribution in [0.3, 0.4) is 0 Å². The van der Waals surface area contributed by atoms with Gasteiger partial charge in [0.1, 0.15) is 11.2 Å². The van der Waals surface area contributed by atoms with Gasteiger partial charge in [-0.25, -0.2) is 0 Å². The molecule has 48 heavy (non-hydrogen) atoms. The van der Waals surface area contributed by atoms with Gasteiger partial charge in [-0.3, -0.25) is 0 Å². The molecule has 0 spiro atoms. The van der Waals surface area contributed by atoms with Crippen LogP contribution in [0.15, 0.2) is 192 Å². The minimum atomic E-state index is 0.904. The molecule has 0 N–H and O–H groups in total. The fraction of sp³-hybridized carbons (Fsp3) is 0. The number of hydrogen-bond acceptors (Lipinski definition) is 2. The maximum Gasteiger partial charge on any atom is 0.143 e. The highest BCUT2D eigenvalue weighted by molar-refractivity contribution is 6.15. The monoisotopic (exact) mass is 613 g/mol. The molecule has 0 radical (unpaired) electrons.